The summed E-state index contributed by atoms with van der Waals surface area (Å²) in [7, 11) is 0. The Hall–Kier alpha value is -1.65. The molecule has 0 aliphatic rings. The van der Waals surface area contributed by atoms with Crippen molar-refractivity contribution in [2.24, 2.45) is 0 Å². The average molecular weight is 333 g/mol. The molecule has 2 N–H and O–H groups in total. The lowest BCUT2D eigenvalue weighted by molar-refractivity contribution is -0.115. The van der Waals surface area contributed by atoms with Gasteiger partial charge in [0.05, 0.1) is 6.54 Å². The van der Waals surface area contributed by atoms with Gasteiger partial charge in [0.15, 0.2) is 0 Å². The molecule has 2 aromatic rings. The monoisotopic (exact) mass is 332 g/mol. The Morgan fingerprint density at radius 1 is 1.10 bits per heavy atom. The summed E-state index contributed by atoms with van der Waals surface area (Å²) >= 11 is 3.36. The predicted molar refractivity (Wildman–Crippen MR) is 85.6 cm³/mol. The first-order chi connectivity index (χ1) is 9.65. The van der Waals surface area contributed by atoms with Crippen LogP contribution in [0, 0.1) is 0 Å². The second kappa shape index (κ2) is 7.22. The summed E-state index contributed by atoms with van der Waals surface area (Å²) in [5.74, 6) is -0.0462. The summed E-state index contributed by atoms with van der Waals surface area (Å²) in [6.07, 6.45) is 0. The molecule has 0 bridgehead atoms. The van der Waals surface area contributed by atoms with Crippen molar-refractivity contribution in [3.63, 3.8) is 0 Å². The van der Waals surface area contributed by atoms with Crippen LogP contribution < -0.4 is 10.6 Å². The summed E-state index contributed by atoms with van der Waals surface area (Å²) < 4.78 is 0.992. The van der Waals surface area contributed by atoms with Gasteiger partial charge >= 0.3 is 0 Å². The third kappa shape index (κ3) is 4.47. The molecule has 0 unspecified atom stereocenters. The molecule has 1 atom stereocenters. The molecule has 0 saturated carbocycles. The van der Waals surface area contributed by atoms with Gasteiger partial charge in [-0.05, 0) is 36.8 Å². The summed E-state index contributed by atoms with van der Waals surface area (Å²) in [5.41, 5.74) is 1.97. The van der Waals surface area contributed by atoms with Crippen LogP contribution >= 0.6 is 15.9 Å². The second-order valence-corrected chi connectivity index (χ2v) is 5.48. The van der Waals surface area contributed by atoms with Crippen LogP contribution in [0.1, 0.15) is 18.5 Å². The number of hydrogen-bond acceptors (Lipinski definition) is 2. The average Bonchev–Trinajstić information content (AvgIpc) is 2.48. The SMILES string of the molecule is C[C@H](NCC(=O)Nc1ccc(Br)cc1)c1ccccc1. The number of nitrogens with one attached hydrogen (secondary N) is 2. The molecule has 0 aromatic heterocycles. The maximum Gasteiger partial charge on any atom is 0.238 e. The Kier molecular flexibility index (Phi) is 5.32. The van der Waals surface area contributed by atoms with Crippen LogP contribution in [0.25, 0.3) is 0 Å². The van der Waals surface area contributed by atoms with E-state index in [0.717, 1.165) is 10.2 Å². The molecule has 0 aliphatic carbocycles. The lowest BCUT2D eigenvalue weighted by Gasteiger charge is -2.14. The van der Waals surface area contributed by atoms with E-state index in [-0.39, 0.29) is 18.5 Å². The smallest absolute Gasteiger partial charge is 0.238 e. The van der Waals surface area contributed by atoms with Crippen LogP contribution in [0.3, 0.4) is 0 Å². The lowest BCUT2D eigenvalue weighted by atomic mass is 10.1. The van der Waals surface area contributed by atoms with Crippen molar-refractivity contribution in [2.45, 2.75) is 13.0 Å². The van der Waals surface area contributed by atoms with Crippen molar-refractivity contribution < 1.29 is 4.79 Å². The molecule has 3 nitrogen and oxygen atoms in total. The van der Waals surface area contributed by atoms with E-state index in [0.29, 0.717) is 0 Å². The number of carbonyl (C=O) groups is 1. The highest BCUT2D eigenvalue weighted by atomic mass is 79.9. The topological polar surface area (TPSA) is 41.1 Å². The van der Waals surface area contributed by atoms with Gasteiger partial charge in [-0.2, -0.15) is 0 Å². The largest absolute Gasteiger partial charge is 0.325 e. The van der Waals surface area contributed by atoms with E-state index < -0.39 is 0 Å². The summed E-state index contributed by atoms with van der Waals surface area (Å²) in [6.45, 7) is 2.33. The zero-order valence-corrected chi connectivity index (χ0v) is 12.9. The molecule has 0 aliphatic heterocycles. The molecule has 0 radical (unpaired) electrons. The minimum Gasteiger partial charge on any atom is -0.325 e. The van der Waals surface area contributed by atoms with Gasteiger partial charge in [-0.15, -0.1) is 0 Å². The zero-order chi connectivity index (χ0) is 14.4. The van der Waals surface area contributed by atoms with Crippen molar-refractivity contribution in [3.05, 3.63) is 64.6 Å². The number of rotatable bonds is 5. The van der Waals surface area contributed by atoms with Gasteiger partial charge in [0.2, 0.25) is 5.91 Å². The third-order valence-electron chi connectivity index (χ3n) is 3.00. The van der Waals surface area contributed by atoms with Crippen molar-refractivity contribution >= 4 is 27.5 Å². The molecular formula is C16H17BrN2O. The molecule has 0 spiro atoms. The molecular weight excluding hydrogens is 316 g/mol. The van der Waals surface area contributed by atoms with E-state index in [1.807, 2.05) is 61.5 Å². The number of anilines is 1. The van der Waals surface area contributed by atoms with Crippen LogP contribution in [0.5, 0.6) is 0 Å². The quantitative estimate of drug-likeness (QED) is 0.875. The fourth-order valence-corrected chi connectivity index (χ4v) is 2.11. The minimum atomic E-state index is -0.0462. The van der Waals surface area contributed by atoms with E-state index in [1.54, 1.807) is 0 Å². The van der Waals surface area contributed by atoms with E-state index in [2.05, 4.69) is 26.6 Å². The Morgan fingerprint density at radius 2 is 1.75 bits per heavy atom. The number of amides is 1. The van der Waals surface area contributed by atoms with Crippen LogP contribution in [0.4, 0.5) is 5.69 Å². The van der Waals surface area contributed by atoms with Gasteiger partial charge in [-0.1, -0.05) is 46.3 Å². The Bertz CT molecular complexity index is 554. The predicted octanol–water partition coefficient (Wildman–Crippen LogP) is 3.74. The van der Waals surface area contributed by atoms with Gasteiger partial charge in [0, 0.05) is 16.2 Å². The molecule has 2 rings (SSSR count). The maximum atomic E-state index is 11.8. The van der Waals surface area contributed by atoms with E-state index in [4.69, 9.17) is 0 Å². The molecule has 1 amide bonds. The second-order valence-electron chi connectivity index (χ2n) is 4.57. The van der Waals surface area contributed by atoms with Crippen LogP contribution in [-0.2, 0) is 4.79 Å². The van der Waals surface area contributed by atoms with Crippen LogP contribution in [0.2, 0.25) is 0 Å². The highest BCUT2D eigenvalue weighted by Crippen LogP contribution is 2.14. The highest BCUT2D eigenvalue weighted by Gasteiger charge is 2.07. The van der Waals surface area contributed by atoms with Gasteiger partial charge < -0.3 is 10.6 Å². The van der Waals surface area contributed by atoms with Crippen molar-refractivity contribution in [3.8, 4) is 0 Å². The number of benzene rings is 2. The first kappa shape index (κ1) is 14.8. The van der Waals surface area contributed by atoms with Crippen LogP contribution in [0.15, 0.2) is 59.1 Å². The lowest BCUT2D eigenvalue weighted by Crippen LogP contribution is -2.30. The summed E-state index contributed by atoms with van der Waals surface area (Å²) in [4.78, 5) is 11.8. The van der Waals surface area contributed by atoms with Gasteiger partial charge in [0.1, 0.15) is 0 Å². The number of hydrogen-bond donors (Lipinski definition) is 2. The maximum absolute atomic E-state index is 11.8. The molecule has 4 heteroatoms. The first-order valence-corrected chi connectivity index (χ1v) is 7.28. The Morgan fingerprint density at radius 3 is 2.40 bits per heavy atom. The fourth-order valence-electron chi connectivity index (χ4n) is 1.84. The first-order valence-electron chi connectivity index (χ1n) is 6.49. The normalized spacial score (nSPS) is 11.9. The molecule has 2 aromatic carbocycles. The zero-order valence-electron chi connectivity index (χ0n) is 11.3. The number of halogens is 1. The molecule has 0 fully saturated rings. The van der Waals surface area contributed by atoms with Gasteiger partial charge in [-0.25, -0.2) is 0 Å². The van der Waals surface area contributed by atoms with E-state index in [9.17, 15) is 4.79 Å². The summed E-state index contributed by atoms with van der Waals surface area (Å²) in [6, 6.07) is 17.7. The van der Waals surface area contributed by atoms with Gasteiger partial charge in [-0.3, -0.25) is 4.79 Å². The molecule has 0 saturated heterocycles. The third-order valence-corrected chi connectivity index (χ3v) is 3.53. The Balaban J connectivity index is 1.82. The van der Waals surface area contributed by atoms with Crippen molar-refractivity contribution in [1.82, 2.24) is 5.32 Å². The molecule has 0 heterocycles. The van der Waals surface area contributed by atoms with E-state index in [1.165, 1.54) is 5.56 Å². The van der Waals surface area contributed by atoms with Gasteiger partial charge in [0.25, 0.3) is 0 Å². The minimum absolute atomic E-state index is 0.0462. The fraction of sp³-hybridized carbons (Fsp3) is 0.188. The Labute approximate surface area is 127 Å². The number of carbonyl (C=O) groups excluding carboxylic acids is 1. The highest BCUT2D eigenvalue weighted by molar-refractivity contribution is 9.10. The standard InChI is InChI=1S/C16H17BrN2O/c1-12(13-5-3-2-4-6-13)18-11-16(20)19-15-9-7-14(17)8-10-15/h2-10,12,18H,11H2,1H3,(H,19,20)/t12-/m0/s1. The summed E-state index contributed by atoms with van der Waals surface area (Å²) in [5, 5.41) is 6.06. The van der Waals surface area contributed by atoms with E-state index >= 15 is 0 Å². The van der Waals surface area contributed by atoms with Crippen molar-refractivity contribution in [1.29, 1.82) is 0 Å². The molecule has 20 heavy (non-hydrogen) atoms. The van der Waals surface area contributed by atoms with Crippen LogP contribution in [-0.4, -0.2) is 12.5 Å². The van der Waals surface area contributed by atoms with Crippen molar-refractivity contribution in [2.75, 3.05) is 11.9 Å². The molecule has 104 valence electrons.